The summed E-state index contributed by atoms with van der Waals surface area (Å²) < 4.78 is 45.8. The summed E-state index contributed by atoms with van der Waals surface area (Å²) in [5.41, 5.74) is 7.36. The van der Waals surface area contributed by atoms with Crippen molar-refractivity contribution in [1.29, 1.82) is 0 Å². The second-order valence-corrected chi connectivity index (χ2v) is 11.0. The highest BCUT2D eigenvalue weighted by molar-refractivity contribution is 6.04. The molecule has 45 heavy (non-hydrogen) atoms. The Bertz CT molecular complexity index is 1780. The number of rotatable bonds is 6. The predicted molar refractivity (Wildman–Crippen MR) is 156 cm³/mol. The number of alkyl halides is 3. The lowest BCUT2D eigenvalue weighted by Gasteiger charge is -2.45. The first-order valence-electron chi connectivity index (χ1n) is 14.2. The van der Waals surface area contributed by atoms with Crippen LogP contribution < -0.4 is 11.1 Å². The minimum Gasteiger partial charge on any atom is -0.468 e. The third kappa shape index (κ3) is 6.02. The number of nitrogens with two attached hydrogens (primary N) is 1. The Hall–Kier alpha value is -5.05. The first kappa shape index (κ1) is 30.0. The minimum absolute atomic E-state index is 0.0191. The lowest BCUT2D eigenvalue weighted by atomic mass is 9.90. The molecule has 6 rings (SSSR count). The molecule has 3 aromatic heterocycles. The van der Waals surface area contributed by atoms with E-state index < -0.39 is 17.6 Å². The molecule has 2 atom stereocenters. The number of nitrogens with zero attached hydrogens (tertiary/aromatic N) is 6. The molecule has 0 bridgehead atoms. The van der Waals surface area contributed by atoms with Gasteiger partial charge in [-0.15, -0.1) is 0 Å². The number of hydrogen-bond acceptors (Lipinski definition) is 9. The van der Waals surface area contributed by atoms with Gasteiger partial charge in [0, 0.05) is 54.8 Å². The zero-order valence-electron chi connectivity index (χ0n) is 24.1. The molecule has 0 aliphatic carbocycles. The molecule has 1 aromatic carbocycles. The summed E-state index contributed by atoms with van der Waals surface area (Å²) in [7, 11) is 1.32. The third-order valence-corrected chi connectivity index (χ3v) is 8.16. The Morgan fingerprint density at radius 2 is 1.87 bits per heavy atom. The number of ether oxygens (including phenoxy) is 1. The van der Waals surface area contributed by atoms with Crippen molar-refractivity contribution < 1.29 is 32.3 Å². The van der Waals surface area contributed by atoms with E-state index in [1.807, 2.05) is 14.2 Å². The standard InChI is InChI=1S/C30H29F3N8O4/c1-45-24(43)16-39-14-21-7-6-19(13-41(21)23(42)15-39)28-38-25(26-27(34)36-10-11-40(26)28)17-2-4-18(5-3-17)29(44)37-22-12-20(8-9-35-22)30(31,32)33/h2-5,8-12,19,21H,6-7,13-16H2,1H3,(H2,34,36)(H,35,37,44). The van der Waals surface area contributed by atoms with Crippen LogP contribution in [0.1, 0.15) is 40.5 Å². The van der Waals surface area contributed by atoms with Crippen molar-refractivity contribution in [2.75, 3.05) is 44.3 Å². The molecule has 0 radical (unpaired) electrons. The fraction of sp³-hybridized carbons (Fsp3) is 0.333. The molecule has 2 saturated heterocycles. The summed E-state index contributed by atoms with van der Waals surface area (Å²) in [4.78, 5) is 54.3. The van der Waals surface area contributed by atoms with E-state index in [1.54, 1.807) is 24.5 Å². The highest BCUT2D eigenvalue weighted by Gasteiger charge is 2.39. The first-order valence-corrected chi connectivity index (χ1v) is 14.2. The van der Waals surface area contributed by atoms with E-state index in [2.05, 4.69) is 15.3 Å². The number of fused-ring (bicyclic) bond motifs is 2. The molecule has 2 unspecified atom stereocenters. The highest BCUT2D eigenvalue weighted by Crippen LogP contribution is 2.36. The summed E-state index contributed by atoms with van der Waals surface area (Å²) in [5.74, 6) is -0.408. The molecule has 15 heteroatoms. The van der Waals surface area contributed by atoms with Gasteiger partial charge in [-0.3, -0.25) is 23.7 Å². The van der Waals surface area contributed by atoms with Gasteiger partial charge in [-0.25, -0.2) is 15.0 Å². The maximum absolute atomic E-state index is 13.1. The number of esters is 1. The lowest BCUT2D eigenvalue weighted by Crippen LogP contribution is -2.59. The summed E-state index contributed by atoms with van der Waals surface area (Å²) in [6.45, 7) is 1.24. The Balaban J connectivity index is 1.23. The maximum atomic E-state index is 13.1. The number of benzene rings is 1. The van der Waals surface area contributed by atoms with E-state index in [-0.39, 0.29) is 54.1 Å². The fourth-order valence-corrected chi connectivity index (χ4v) is 5.97. The van der Waals surface area contributed by atoms with Crippen LogP contribution in [0, 0.1) is 0 Å². The molecule has 2 fully saturated rings. The van der Waals surface area contributed by atoms with E-state index in [0.717, 1.165) is 37.0 Å². The molecule has 2 aliphatic rings. The number of amides is 2. The van der Waals surface area contributed by atoms with Crippen molar-refractivity contribution in [1.82, 2.24) is 29.2 Å². The Morgan fingerprint density at radius 3 is 2.60 bits per heavy atom. The van der Waals surface area contributed by atoms with Crippen LogP contribution in [-0.4, -0.2) is 86.3 Å². The Kier molecular flexibility index (Phi) is 7.87. The number of piperazine rings is 1. The van der Waals surface area contributed by atoms with Crippen molar-refractivity contribution in [3.05, 3.63) is 71.9 Å². The number of halogens is 3. The largest absolute Gasteiger partial charge is 0.468 e. The summed E-state index contributed by atoms with van der Waals surface area (Å²) in [6, 6.07) is 7.99. The number of methoxy groups -OCH3 is 1. The smallest absolute Gasteiger partial charge is 0.416 e. The molecule has 2 amide bonds. The average molecular weight is 623 g/mol. The maximum Gasteiger partial charge on any atom is 0.416 e. The van der Waals surface area contributed by atoms with Crippen LogP contribution in [0.2, 0.25) is 0 Å². The van der Waals surface area contributed by atoms with Crippen molar-refractivity contribution in [2.24, 2.45) is 0 Å². The number of pyridine rings is 1. The quantitative estimate of drug-likeness (QED) is 0.309. The monoisotopic (exact) mass is 622 g/mol. The summed E-state index contributed by atoms with van der Waals surface area (Å²) in [6.07, 6.45) is 1.24. The number of imidazole rings is 1. The third-order valence-electron chi connectivity index (χ3n) is 8.16. The number of piperidine rings is 1. The molecular formula is C30H29F3N8O4. The predicted octanol–water partition coefficient (Wildman–Crippen LogP) is 3.21. The van der Waals surface area contributed by atoms with Gasteiger partial charge < -0.3 is 20.7 Å². The van der Waals surface area contributed by atoms with Crippen LogP contribution in [0.4, 0.5) is 24.8 Å². The van der Waals surface area contributed by atoms with Crippen molar-refractivity contribution in [3.63, 3.8) is 0 Å². The van der Waals surface area contributed by atoms with Crippen molar-refractivity contribution in [2.45, 2.75) is 31.0 Å². The van der Waals surface area contributed by atoms with Crippen LogP contribution in [0.15, 0.2) is 55.0 Å². The van der Waals surface area contributed by atoms with Gasteiger partial charge in [-0.2, -0.15) is 13.2 Å². The second kappa shape index (κ2) is 11.8. The number of nitrogen functional groups attached to an aromatic ring is 1. The number of carbonyl (C=O) groups excluding carboxylic acids is 3. The zero-order chi connectivity index (χ0) is 31.9. The van der Waals surface area contributed by atoms with E-state index in [9.17, 15) is 27.6 Å². The fourth-order valence-electron chi connectivity index (χ4n) is 5.97. The van der Waals surface area contributed by atoms with Crippen molar-refractivity contribution >= 4 is 34.9 Å². The molecule has 3 N–H and O–H groups in total. The molecule has 0 spiro atoms. The molecule has 234 valence electrons. The first-order chi connectivity index (χ1) is 21.5. The van der Waals surface area contributed by atoms with Crippen LogP contribution in [0.5, 0.6) is 0 Å². The van der Waals surface area contributed by atoms with Gasteiger partial charge in [-0.1, -0.05) is 12.1 Å². The van der Waals surface area contributed by atoms with Crippen LogP contribution >= 0.6 is 0 Å². The van der Waals surface area contributed by atoms with Gasteiger partial charge in [0.25, 0.3) is 5.91 Å². The topological polar surface area (TPSA) is 148 Å². The van der Waals surface area contributed by atoms with E-state index in [4.69, 9.17) is 15.5 Å². The number of carbonyl (C=O) groups is 3. The van der Waals surface area contributed by atoms with Gasteiger partial charge in [0.15, 0.2) is 0 Å². The Labute approximate surface area is 255 Å². The lowest BCUT2D eigenvalue weighted by molar-refractivity contribution is -0.148. The number of nitrogens with one attached hydrogen (secondary N) is 1. The minimum atomic E-state index is -4.57. The van der Waals surface area contributed by atoms with E-state index in [1.165, 1.54) is 19.2 Å². The van der Waals surface area contributed by atoms with Gasteiger partial charge in [-0.05, 0) is 37.1 Å². The second-order valence-electron chi connectivity index (χ2n) is 11.0. The van der Waals surface area contributed by atoms with Gasteiger partial charge in [0.05, 0.1) is 25.8 Å². The summed E-state index contributed by atoms with van der Waals surface area (Å²) >= 11 is 0. The van der Waals surface area contributed by atoms with Crippen LogP contribution in [0.25, 0.3) is 16.8 Å². The van der Waals surface area contributed by atoms with Crippen molar-refractivity contribution in [3.8, 4) is 11.3 Å². The Morgan fingerprint density at radius 1 is 1.09 bits per heavy atom. The molecule has 2 aliphatic heterocycles. The zero-order valence-corrected chi connectivity index (χ0v) is 24.1. The number of hydrogen-bond donors (Lipinski definition) is 2. The highest BCUT2D eigenvalue weighted by atomic mass is 19.4. The van der Waals surface area contributed by atoms with E-state index >= 15 is 0 Å². The number of aromatic nitrogens is 4. The van der Waals surface area contributed by atoms with Crippen LogP contribution in [-0.2, 0) is 20.5 Å². The van der Waals surface area contributed by atoms with E-state index in [0.29, 0.717) is 29.9 Å². The normalized spacial score (nSPS) is 18.9. The van der Waals surface area contributed by atoms with Gasteiger partial charge in [0.1, 0.15) is 28.7 Å². The molecule has 5 heterocycles. The molecule has 4 aromatic rings. The van der Waals surface area contributed by atoms with Crippen LogP contribution in [0.3, 0.4) is 0 Å². The average Bonchev–Trinajstić information content (AvgIpc) is 3.42. The molecular weight excluding hydrogens is 593 g/mol. The molecule has 0 saturated carbocycles. The molecule has 12 nitrogen and oxygen atoms in total. The van der Waals surface area contributed by atoms with Gasteiger partial charge in [0.2, 0.25) is 5.91 Å². The SMILES string of the molecule is COC(=O)CN1CC(=O)N2CC(c3nc(-c4ccc(C(=O)Nc5cc(C(F)(F)F)ccn5)cc4)c4c(N)nccn34)CCC2C1. The van der Waals surface area contributed by atoms with Gasteiger partial charge >= 0.3 is 12.1 Å². The summed E-state index contributed by atoms with van der Waals surface area (Å²) in [5, 5.41) is 2.40. The number of anilines is 2.